The first-order valence-corrected chi connectivity index (χ1v) is 6.63. The molecule has 0 radical (unpaired) electrons. The van der Waals surface area contributed by atoms with Crippen molar-refractivity contribution in [2.24, 2.45) is 0 Å². The molecule has 1 aromatic carbocycles. The fraction of sp³-hybridized carbons (Fsp3) is 0.214. The Morgan fingerprint density at radius 2 is 2.05 bits per heavy atom. The number of carbonyl (C=O) groups is 1. The predicted molar refractivity (Wildman–Crippen MR) is 79.2 cm³/mol. The molecule has 0 aliphatic carbocycles. The molecule has 100 valence electrons. The van der Waals surface area contributed by atoms with Crippen LogP contribution in [0.1, 0.15) is 14.5 Å². The van der Waals surface area contributed by atoms with Gasteiger partial charge in [0.05, 0.1) is 17.7 Å². The van der Waals surface area contributed by atoms with Crippen LogP contribution >= 0.6 is 11.3 Å². The zero-order chi connectivity index (χ0) is 14.0. The molecule has 0 bridgehead atoms. The average molecular weight is 276 g/mol. The Morgan fingerprint density at radius 1 is 1.37 bits per heavy atom. The third-order valence-electron chi connectivity index (χ3n) is 2.92. The average Bonchev–Trinajstić information content (AvgIpc) is 2.77. The van der Waals surface area contributed by atoms with Gasteiger partial charge in [-0.2, -0.15) is 0 Å². The van der Waals surface area contributed by atoms with Gasteiger partial charge >= 0.3 is 0 Å². The largest absolute Gasteiger partial charge is 0.495 e. The molecule has 0 atom stereocenters. The van der Waals surface area contributed by atoms with Crippen LogP contribution in [0.5, 0.6) is 5.75 Å². The Labute approximate surface area is 116 Å². The summed E-state index contributed by atoms with van der Waals surface area (Å²) in [5.41, 5.74) is 7.18. The summed E-state index contributed by atoms with van der Waals surface area (Å²) in [4.78, 5) is 15.6. The van der Waals surface area contributed by atoms with E-state index in [0.29, 0.717) is 16.3 Å². The molecule has 1 aromatic heterocycles. The van der Waals surface area contributed by atoms with Crippen molar-refractivity contribution in [2.45, 2.75) is 6.92 Å². The van der Waals surface area contributed by atoms with E-state index in [2.05, 4.69) is 0 Å². The van der Waals surface area contributed by atoms with E-state index in [1.165, 1.54) is 11.3 Å². The van der Waals surface area contributed by atoms with Crippen molar-refractivity contribution in [2.75, 3.05) is 24.8 Å². The van der Waals surface area contributed by atoms with Crippen molar-refractivity contribution in [3.05, 3.63) is 40.1 Å². The third kappa shape index (κ3) is 2.56. The zero-order valence-electron chi connectivity index (χ0n) is 11.1. The van der Waals surface area contributed by atoms with Crippen LogP contribution in [0.15, 0.2) is 30.3 Å². The number of carbonyl (C=O) groups excluding carboxylic acids is 1. The number of benzene rings is 1. The molecule has 0 saturated carbocycles. The fourth-order valence-electron chi connectivity index (χ4n) is 1.78. The van der Waals surface area contributed by atoms with E-state index >= 15 is 0 Å². The van der Waals surface area contributed by atoms with Gasteiger partial charge in [0.25, 0.3) is 5.91 Å². The van der Waals surface area contributed by atoms with Crippen molar-refractivity contribution in [3.63, 3.8) is 0 Å². The van der Waals surface area contributed by atoms with E-state index in [-0.39, 0.29) is 5.91 Å². The SMILES string of the molecule is COc1ccccc1N(C)C(=O)c1cc(N)c(C)s1. The molecule has 2 N–H and O–H groups in total. The number of amides is 1. The van der Waals surface area contributed by atoms with E-state index in [4.69, 9.17) is 10.5 Å². The summed E-state index contributed by atoms with van der Waals surface area (Å²) in [7, 11) is 3.32. The smallest absolute Gasteiger partial charge is 0.268 e. The highest BCUT2D eigenvalue weighted by atomic mass is 32.1. The summed E-state index contributed by atoms with van der Waals surface area (Å²) in [6.45, 7) is 1.90. The maximum absolute atomic E-state index is 12.4. The number of nitrogen functional groups attached to an aromatic ring is 1. The summed E-state index contributed by atoms with van der Waals surface area (Å²) < 4.78 is 5.27. The summed E-state index contributed by atoms with van der Waals surface area (Å²) in [6.07, 6.45) is 0. The molecule has 0 saturated heterocycles. The number of nitrogens with zero attached hydrogens (tertiary/aromatic N) is 1. The lowest BCUT2D eigenvalue weighted by molar-refractivity contribution is 0.0996. The molecule has 2 rings (SSSR count). The third-order valence-corrected chi connectivity index (χ3v) is 3.97. The van der Waals surface area contributed by atoms with Gasteiger partial charge in [-0.25, -0.2) is 0 Å². The Kier molecular flexibility index (Phi) is 3.76. The number of aryl methyl sites for hydroxylation is 1. The van der Waals surface area contributed by atoms with E-state index in [1.807, 2.05) is 31.2 Å². The molecule has 0 fully saturated rings. The number of anilines is 2. The van der Waals surface area contributed by atoms with Gasteiger partial charge < -0.3 is 15.4 Å². The van der Waals surface area contributed by atoms with Gasteiger partial charge in [0.2, 0.25) is 0 Å². The van der Waals surface area contributed by atoms with Gasteiger partial charge in [0, 0.05) is 17.6 Å². The number of thiophene rings is 1. The predicted octanol–water partition coefficient (Wildman–Crippen LogP) is 2.92. The van der Waals surface area contributed by atoms with Crippen molar-refractivity contribution in [1.82, 2.24) is 0 Å². The normalized spacial score (nSPS) is 10.3. The Balaban J connectivity index is 2.33. The molecular weight excluding hydrogens is 260 g/mol. The minimum atomic E-state index is -0.0886. The fourth-order valence-corrected chi connectivity index (χ4v) is 2.70. The monoisotopic (exact) mass is 276 g/mol. The minimum Gasteiger partial charge on any atom is -0.495 e. The van der Waals surface area contributed by atoms with Crippen LogP contribution in [0.4, 0.5) is 11.4 Å². The first-order valence-electron chi connectivity index (χ1n) is 5.81. The summed E-state index contributed by atoms with van der Waals surface area (Å²) in [5.74, 6) is 0.578. The van der Waals surface area contributed by atoms with Crippen LogP contribution in [0.3, 0.4) is 0 Å². The molecule has 0 aliphatic rings. The van der Waals surface area contributed by atoms with Gasteiger partial charge in [0.15, 0.2) is 0 Å². The molecular formula is C14H16N2O2S. The lowest BCUT2D eigenvalue weighted by atomic mass is 10.2. The highest BCUT2D eigenvalue weighted by Crippen LogP contribution is 2.30. The van der Waals surface area contributed by atoms with Crippen LogP contribution < -0.4 is 15.4 Å². The molecule has 0 spiro atoms. The summed E-state index contributed by atoms with van der Waals surface area (Å²) >= 11 is 1.40. The van der Waals surface area contributed by atoms with Crippen molar-refractivity contribution < 1.29 is 9.53 Å². The number of methoxy groups -OCH3 is 1. The maximum Gasteiger partial charge on any atom is 0.268 e. The van der Waals surface area contributed by atoms with E-state index in [1.54, 1.807) is 25.1 Å². The molecule has 1 amide bonds. The summed E-state index contributed by atoms with van der Waals surface area (Å²) in [6, 6.07) is 9.13. The van der Waals surface area contributed by atoms with Gasteiger partial charge in [-0.3, -0.25) is 4.79 Å². The van der Waals surface area contributed by atoms with Crippen LogP contribution in [0.2, 0.25) is 0 Å². The summed E-state index contributed by atoms with van der Waals surface area (Å²) in [5, 5.41) is 0. The molecule has 1 heterocycles. The van der Waals surface area contributed by atoms with Crippen LogP contribution in [0.25, 0.3) is 0 Å². The molecule has 0 unspecified atom stereocenters. The molecule has 19 heavy (non-hydrogen) atoms. The Hall–Kier alpha value is -2.01. The molecule has 0 aliphatic heterocycles. The highest BCUT2D eigenvalue weighted by molar-refractivity contribution is 7.14. The van der Waals surface area contributed by atoms with E-state index < -0.39 is 0 Å². The van der Waals surface area contributed by atoms with Gasteiger partial charge in [0.1, 0.15) is 5.75 Å². The minimum absolute atomic E-state index is 0.0886. The highest BCUT2D eigenvalue weighted by Gasteiger charge is 2.19. The molecule has 5 heteroatoms. The number of ether oxygens (including phenoxy) is 1. The van der Waals surface area contributed by atoms with Gasteiger partial charge in [-0.05, 0) is 25.1 Å². The topological polar surface area (TPSA) is 55.6 Å². The van der Waals surface area contributed by atoms with E-state index in [9.17, 15) is 4.79 Å². The van der Waals surface area contributed by atoms with Crippen molar-refractivity contribution >= 4 is 28.6 Å². The first-order chi connectivity index (χ1) is 9.04. The lowest BCUT2D eigenvalue weighted by Gasteiger charge is -2.19. The van der Waals surface area contributed by atoms with Gasteiger partial charge in [-0.15, -0.1) is 11.3 Å². The second-order valence-electron chi connectivity index (χ2n) is 4.16. The van der Waals surface area contributed by atoms with Crippen LogP contribution in [-0.4, -0.2) is 20.1 Å². The molecule has 4 nitrogen and oxygen atoms in total. The quantitative estimate of drug-likeness (QED) is 0.937. The zero-order valence-corrected chi connectivity index (χ0v) is 12.0. The number of hydrogen-bond donors (Lipinski definition) is 1. The maximum atomic E-state index is 12.4. The van der Waals surface area contributed by atoms with E-state index in [0.717, 1.165) is 10.6 Å². The number of para-hydroxylation sites is 2. The van der Waals surface area contributed by atoms with Crippen LogP contribution in [0, 0.1) is 6.92 Å². The number of nitrogens with two attached hydrogens (primary N) is 1. The second-order valence-corrected chi connectivity index (χ2v) is 5.41. The van der Waals surface area contributed by atoms with Crippen molar-refractivity contribution in [1.29, 1.82) is 0 Å². The number of hydrogen-bond acceptors (Lipinski definition) is 4. The second kappa shape index (κ2) is 5.32. The van der Waals surface area contributed by atoms with Crippen LogP contribution in [-0.2, 0) is 0 Å². The van der Waals surface area contributed by atoms with Gasteiger partial charge in [-0.1, -0.05) is 12.1 Å². The number of rotatable bonds is 3. The Bertz CT molecular complexity index is 588. The standard InChI is InChI=1S/C14H16N2O2S/c1-9-10(15)8-13(19-9)14(17)16(2)11-6-4-5-7-12(11)18-3/h4-8H,15H2,1-3H3. The lowest BCUT2D eigenvalue weighted by Crippen LogP contribution is -2.25. The first kappa shape index (κ1) is 13.4. The molecule has 2 aromatic rings. The van der Waals surface area contributed by atoms with Crippen molar-refractivity contribution in [3.8, 4) is 5.75 Å². The Morgan fingerprint density at radius 3 is 2.63 bits per heavy atom.